The summed E-state index contributed by atoms with van der Waals surface area (Å²) in [6, 6.07) is 12.8. The van der Waals surface area contributed by atoms with Crippen LogP contribution in [0.5, 0.6) is 0 Å². The fourth-order valence-corrected chi connectivity index (χ4v) is 2.56. The van der Waals surface area contributed by atoms with Crippen LogP contribution in [0.15, 0.2) is 30.3 Å². The minimum atomic E-state index is 0.203. The van der Waals surface area contributed by atoms with Crippen LogP contribution in [0, 0.1) is 31.1 Å². The van der Waals surface area contributed by atoms with Crippen molar-refractivity contribution in [1.29, 1.82) is 5.26 Å². The molecule has 0 unspecified atom stereocenters. The van der Waals surface area contributed by atoms with Crippen molar-refractivity contribution in [1.82, 2.24) is 10.2 Å². The van der Waals surface area contributed by atoms with E-state index in [1.165, 1.54) is 18.4 Å². The molecule has 21 heavy (non-hydrogen) atoms. The molecule has 1 N–H and O–H groups in total. The standard InChI is InChI=1S/C17H18N4/c1-11-12(2)20-21-17(15(11)10-18)19-16(14-8-9-14)13-6-4-3-5-7-13/h3-7,14,16H,8-9H2,1-2H3,(H,19,21)/t16-/m1/s1. The Morgan fingerprint density at radius 2 is 1.90 bits per heavy atom. The first-order chi connectivity index (χ1) is 10.2. The topological polar surface area (TPSA) is 61.6 Å². The Morgan fingerprint density at radius 1 is 1.19 bits per heavy atom. The molecule has 4 nitrogen and oxygen atoms in total. The van der Waals surface area contributed by atoms with Crippen LogP contribution in [0.2, 0.25) is 0 Å². The molecule has 1 aromatic heterocycles. The summed E-state index contributed by atoms with van der Waals surface area (Å²) in [6.45, 7) is 3.80. The molecule has 0 radical (unpaired) electrons. The largest absolute Gasteiger partial charge is 0.360 e. The van der Waals surface area contributed by atoms with Crippen LogP contribution >= 0.6 is 0 Å². The molecule has 0 aliphatic heterocycles. The second-order valence-electron chi connectivity index (χ2n) is 5.62. The lowest BCUT2D eigenvalue weighted by Gasteiger charge is -2.20. The molecule has 1 atom stereocenters. The normalized spacial score (nSPS) is 15.3. The minimum absolute atomic E-state index is 0.203. The minimum Gasteiger partial charge on any atom is -0.360 e. The maximum Gasteiger partial charge on any atom is 0.167 e. The monoisotopic (exact) mass is 278 g/mol. The summed E-state index contributed by atoms with van der Waals surface area (Å²) in [7, 11) is 0. The van der Waals surface area contributed by atoms with Gasteiger partial charge in [0.25, 0.3) is 0 Å². The Labute approximate surface area is 124 Å². The van der Waals surface area contributed by atoms with Crippen LogP contribution in [0.3, 0.4) is 0 Å². The molecule has 1 aliphatic rings. The summed E-state index contributed by atoms with van der Waals surface area (Å²) in [4.78, 5) is 0. The average molecular weight is 278 g/mol. The maximum atomic E-state index is 9.40. The predicted molar refractivity (Wildman–Crippen MR) is 81.8 cm³/mol. The molecule has 1 aliphatic carbocycles. The third kappa shape index (κ3) is 2.73. The van der Waals surface area contributed by atoms with E-state index in [1.807, 2.05) is 32.0 Å². The van der Waals surface area contributed by atoms with Crippen molar-refractivity contribution < 1.29 is 0 Å². The van der Waals surface area contributed by atoms with Crippen molar-refractivity contribution in [3.05, 3.63) is 52.7 Å². The van der Waals surface area contributed by atoms with Crippen LogP contribution in [0.1, 0.15) is 41.3 Å². The van der Waals surface area contributed by atoms with Gasteiger partial charge >= 0.3 is 0 Å². The Morgan fingerprint density at radius 3 is 2.52 bits per heavy atom. The first-order valence-electron chi connectivity index (χ1n) is 7.26. The quantitative estimate of drug-likeness (QED) is 0.929. The molecule has 1 fully saturated rings. The highest BCUT2D eigenvalue weighted by atomic mass is 15.2. The number of hydrogen-bond acceptors (Lipinski definition) is 4. The van der Waals surface area contributed by atoms with Gasteiger partial charge in [-0.25, -0.2) is 0 Å². The highest BCUT2D eigenvalue weighted by Gasteiger charge is 2.33. The van der Waals surface area contributed by atoms with Gasteiger partial charge in [0.05, 0.1) is 11.7 Å². The maximum absolute atomic E-state index is 9.40. The summed E-state index contributed by atoms with van der Waals surface area (Å²) in [6.07, 6.45) is 2.43. The Balaban J connectivity index is 1.95. The third-order valence-electron chi connectivity index (χ3n) is 4.11. The van der Waals surface area contributed by atoms with E-state index in [4.69, 9.17) is 0 Å². The Bertz CT molecular complexity index is 684. The van der Waals surface area contributed by atoms with Gasteiger partial charge in [-0.05, 0) is 43.7 Å². The highest BCUT2D eigenvalue weighted by molar-refractivity contribution is 5.57. The molecular weight excluding hydrogens is 260 g/mol. The van der Waals surface area contributed by atoms with E-state index in [0.29, 0.717) is 17.3 Å². The number of aromatic nitrogens is 2. The Hall–Kier alpha value is -2.41. The first-order valence-corrected chi connectivity index (χ1v) is 7.26. The molecule has 3 rings (SSSR count). The molecule has 1 saturated carbocycles. The van der Waals surface area contributed by atoms with Crippen LogP contribution in [0.4, 0.5) is 5.82 Å². The molecule has 0 spiro atoms. The van der Waals surface area contributed by atoms with Gasteiger partial charge < -0.3 is 5.32 Å². The lowest BCUT2D eigenvalue weighted by molar-refractivity contribution is 0.672. The van der Waals surface area contributed by atoms with Crippen molar-refractivity contribution in [3.63, 3.8) is 0 Å². The van der Waals surface area contributed by atoms with Crippen LogP contribution in [-0.2, 0) is 0 Å². The Kier molecular flexibility index (Phi) is 3.57. The van der Waals surface area contributed by atoms with Crippen molar-refractivity contribution in [2.75, 3.05) is 5.32 Å². The average Bonchev–Trinajstić information content (AvgIpc) is 3.34. The molecule has 2 aromatic rings. The van der Waals surface area contributed by atoms with Crippen LogP contribution < -0.4 is 5.32 Å². The van der Waals surface area contributed by atoms with E-state index in [-0.39, 0.29) is 6.04 Å². The second-order valence-corrected chi connectivity index (χ2v) is 5.62. The lowest BCUT2D eigenvalue weighted by Crippen LogP contribution is -2.16. The number of hydrogen-bond donors (Lipinski definition) is 1. The summed E-state index contributed by atoms with van der Waals surface area (Å²) < 4.78 is 0. The van der Waals surface area contributed by atoms with E-state index in [0.717, 1.165) is 11.3 Å². The van der Waals surface area contributed by atoms with Crippen molar-refractivity contribution in [3.8, 4) is 6.07 Å². The molecule has 0 bridgehead atoms. The fraction of sp³-hybridized carbons (Fsp3) is 0.353. The van der Waals surface area contributed by atoms with Gasteiger partial charge in [0.2, 0.25) is 0 Å². The van der Waals surface area contributed by atoms with E-state index < -0.39 is 0 Å². The van der Waals surface area contributed by atoms with Gasteiger partial charge in [-0.3, -0.25) is 0 Å². The van der Waals surface area contributed by atoms with Crippen LogP contribution in [-0.4, -0.2) is 10.2 Å². The molecule has 0 saturated heterocycles. The molecular formula is C17H18N4. The van der Waals surface area contributed by atoms with Crippen molar-refractivity contribution >= 4 is 5.82 Å². The number of rotatable bonds is 4. The van der Waals surface area contributed by atoms with E-state index in [9.17, 15) is 5.26 Å². The lowest BCUT2D eigenvalue weighted by atomic mass is 10.0. The number of anilines is 1. The highest BCUT2D eigenvalue weighted by Crippen LogP contribution is 2.43. The van der Waals surface area contributed by atoms with Gasteiger partial charge in [-0.2, -0.15) is 10.4 Å². The van der Waals surface area contributed by atoms with E-state index in [2.05, 4.69) is 33.7 Å². The molecule has 0 amide bonds. The van der Waals surface area contributed by atoms with E-state index >= 15 is 0 Å². The summed E-state index contributed by atoms with van der Waals surface area (Å²) in [5, 5.41) is 21.2. The third-order valence-corrected chi connectivity index (χ3v) is 4.11. The zero-order valence-electron chi connectivity index (χ0n) is 12.3. The number of benzene rings is 1. The summed E-state index contributed by atoms with van der Waals surface area (Å²) in [5.41, 5.74) is 3.55. The number of nitrogens with zero attached hydrogens (tertiary/aromatic N) is 3. The number of nitriles is 1. The fourth-order valence-electron chi connectivity index (χ4n) is 2.56. The zero-order chi connectivity index (χ0) is 14.8. The van der Waals surface area contributed by atoms with Gasteiger partial charge in [0.15, 0.2) is 5.82 Å². The first kappa shape index (κ1) is 13.6. The second kappa shape index (κ2) is 5.53. The number of aryl methyl sites for hydroxylation is 1. The van der Waals surface area contributed by atoms with Gasteiger partial charge in [0.1, 0.15) is 11.6 Å². The SMILES string of the molecule is Cc1nnc(N[C@H](c2ccccc2)C2CC2)c(C#N)c1C. The zero-order valence-corrected chi connectivity index (χ0v) is 12.3. The molecule has 1 aromatic carbocycles. The summed E-state index contributed by atoms with van der Waals surface area (Å²) >= 11 is 0. The smallest absolute Gasteiger partial charge is 0.167 e. The molecule has 1 heterocycles. The predicted octanol–water partition coefficient (Wildman–Crippen LogP) is 3.53. The summed E-state index contributed by atoms with van der Waals surface area (Å²) in [5.74, 6) is 1.21. The van der Waals surface area contributed by atoms with Gasteiger partial charge in [-0.1, -0.05) is 30.3 Å². The van der Waals surface area contributed by atoms with Gasteiger partial charge in [-0.15, -0.1) is 5.10 Å². The van der Waals surface area contributed by atoms with Crippen molar-refractivity contribution in [2.45, 2.75) is 32.7 Å². The van der Waals surface area contributed by atoms with Crippen molar-refractivity contribution in [2.24, 2.45) is 5.92 Å². The van der Waals surface area contributed by atoms with Gasteiger partial charge in [0, 0.05) is 0 Å². The molecule has 4 heteroatoms. The molecule has 106 valence electrons. The van der Waals surface area contributed by atoms with E-state index in [1.54, 1.807) is 0 Å². The number of nitrogens with one attached hydrogen (secondary N) is 1. The van der Waals surface area contributed by atoms with Crippen LogP contribution in [0.25, 0.3) is 0 Å².